The molecule has 9 nitrogen and oxygen atoms in total. The Morgan fingerprint density at radius 1 is 1.06 bits per heavy atom. The minimum absolute atomic E-state index is 0.0544. The summed E-state index contributed by atoms with van der Waals surface area (Å²) in [7, 11) is 0. The molecule has 0 bridgehead atoms. The number of carbonyl (C=O) groups is 4. The lowest BCUT2D eigenvalue weighted by Gasteiger charge is -2.35. The second kappa shape index (κ2) is 13.3. The summed E-state index contributed by atoms with van der Waals surface area (Å²) in [6, 6.07) is 5.44. The number of benzene rings is 1. The first-order valence-corrected chi connectivity index (χ1v) is 12.9. The van der Waals surface area contributed by atoms with Gasteiger partial charge in [0.25, 0.3) is 0 Å². The molecule has 2 atom stereocenters. The Labute approximate surface area is 214 Å². The number of nitrogens with two attached hydrogens (primary N) is 1. The van der Waals surface area contributed by atoms with Crippen molar-refractivity contribution in [3.8, 4) is 0 Å². The SMILES string of the molecule is CCc1ccc(C(C(=O)NC2CCCCC2)N(CC)C(=O)C(CC(N)=O)NC(=O)OC(C)(C)C)cc1. The summed E-state index contributed by atoms with van der Waals surface area (Å²) in [6.07, 6.45) is 4.65. The monoisotopic (exact) mass is 502 g/mol. The molecule has 4 amide bonds. The van der Waals surface area contributed by atoms with Gasteiger partial charge >= 0.3 is 6.09 Å². The van der Waals surface area contributed by atoms with Crippen LogP contribution in [0, 0.1) is 0 Å². The van der Waals surface area contributed by atoms with E-state index in [1.165, 1.54) is 4.90 Å². The van der Waals surface area contributed by atoms with Gasteiger partial charge in [-0.15, -0.1) is 0 Å². The van der Waals surface area contributed by atoms with E-state index in [-0.39, 0.29) is 18.5 Å². The van der Waals surface area contributed by atoms with Crippen LogP contribution in [0.25, 0.3) is 0 Å². The standard InChI is InChI=1S/C27H42N4O5/c1-6-18-13-15-19(16-14-18)23(24(33)29-20-11-9-8-10-12-20)31(7-2)25(34)21(17-22(28)32)30-26(35)36-27(3,4)5/h13-16,20-21,23H,6-12,17H2,1-5H3,(H2,28,32)(H,29,33)(H,30,35). The number of primary amides is 1. The maximum atomic E-state index is 13.7. The minimum Gasteiger partial charge on any atom is -0.444 e. The van der Waals surface area contributed by atoms with Crippen LogP contribution in [-0.4, -0.2) is 52.9 Å². The molecule has 0 saturated heterocycles. The van der Waals surface area contributed by atoms with Crippen molar-refractivity contribution in [3.05, 3.63) is 35.4 Å². The average Bonchev–Trinajstić information content (AvgIpc) is 2.80. The molecule has 0 radical (unpaired) electrons. The Bertz CT molecular complexity index is 904. The first-order chi connectivity index (χ1) is 16.9. The molecule has 1 aliphatic carbocycles. The van der Waals surface area contributed by atoms with Crippen LogP contribution in [0.15, 0.2) is 24.3 Å². The number of rotatable bonds is 10. The number of ether oxygens (including phenoxy) is 1. The number of likely N-dealkylation sites (N-methyl/N-ethyl adjacent to an activating group) is 1. The van der Waals surface area contributed by atoms with Crippen LogP contribution in [0.1, 0.15) is 90.3 Å². The number of carbonyl (C=O) groups excluding carboxylic acids is 4. The van der Waals surface area contributed by atoms with Gasteiger partial charge in [-0.3, -0.25) is 14.4 Å². The lowest BCUT2D eigenvalue weighted by Crippen LogP contribution is -2.54. The molecule has 1 aliphatic rings. The Morgan fingerprint density at radius 2 is 1.67 bits per heavy atom. The highest BCUT2D eigenvalue weighted by atomic mass is 16.6. The lowest BCUT2D eigenvalue weighted by molar-refractivity contribution is -0.143. The highest BCUT2D eigenvalue weighted by Crippen LogP contribution is 2.25. The Hall–Kier alpha value is -3.10. The maximum Gasteiger partial charge on any atom is 0.408 e. The molecular weight excluding hydrogens is 460 g/mol. The molecule has 1 aromatic rings. The van der Waals surface area contributed by atoms with Gasteiger partial charge in [0.15, 0.2) is 0 Å². The van der Waals surface area contributed by atoms with Crippen LogP contribution in [0.4, 0.5) is 4.79 Å². The van der Waals surface area contributed by atoms with Crippen molar-refractivity contribution in [2.24, 2.45) is 5.73 Å². The fourth-order valence-corrected chi connectivity index (χ4v) is 4.45. The zero-order chi connectivity index (χ0) is 26.9. The van der Waals surface area contributed by atoms with Gasteiger partial charge in [0.2, 0.25) is 17.7 Å². The van der Waals surface area contributed by atoms with Crippen LogP contribution in [0.5, 0.6) is 0 Å². The van der Waals surface area contributed by atoms with E-state index in [2.05, 4.69) is 10.6 Å². The van der Waals surface area contributed by atoms with Gasteiger partial charge in [-0.25, -0.2) is 4.79 Å². The molecule has 36 heavy (non-hydrogen) atoms. The van der Waals surface area contributed by atoms with Crippen LogP contribution < -0.4 is 16.4 Å². The maximum absolute atomic E-state index is 13.7. The van der Waals surface area contributed by atoms with E-state index in [0.717, 1.165) is 44.1 Å². The second-order valence-corrected chi connectivity index (χ2v) is 10.3. The largest absolute Gasteiger partial charge is 0.444 e. The molecule has 1 saturated carbocycles. The first-order valence-electron chi connectivity index (χ1n) is 12.9. The fourth-order valence-electron chi connectivity index (χ4n) is 4.45. The highest BCUT2D eigenvalue weighted by Gasteiger charge is 2.36. The molecule has 0 heterocycles. The van der Waals surface area contributed by atoms with Gasteiger partial charge < -0.3 is 26.0 Å². The molecule has 9 heteroatoms. The van der Waals surface area contributed by atoms with E-state index in [9.17, 15) is 19.2 Å². The number of nitrogens with zero attached hydrogens (tertiary/aromatic N) is 1. The third-order valence-electron chi connectivity index (χ3n) is 6.23. The Balaban J connectivity index is 2.38. The number of nitrogens with one attached hydrogen (secondary N) is 2. The quantitative estimate of drug-likeness (QED) is 0.452. The zero-order valence-corrected chi connectivity index (χ0v) is 22.3. The van der Waals surface area contributed by atoms with Gasteiger partial charge in [-0.05, 0) is 58.1 Å². The van der Waals surface area contributed by atoms with E-state index in [0.29, 0.717) is 5.56 Å². The molecule has 1 aromatic carbocycles. The van der Waals surface area contributed by atoms with E-state index < -0.39 is 42.0 Å². The van der Waals surface area contributed by atoms with Crippen molar-refractivity contribution in [1.29, 1.82) is 0 Å². The van der Waals surface area contributed by atoms with Gasteiger partial charge in [0.1, 0.15) is 17.7 Å². The van der Waals surface area contributed by atoms with E-state index in [1.807, 2.05) is 31.2 Å². The lowest BCUT2D eigenvalue weighted by atomic mass is 9.94. The molecular formula is C27H42N4O5. The number of hydrogen-bond acceptors (Lipinski definition) is 5. The van der Waals surface area contributed by atoms with Gasteiger partial charge in [-0.2, -0.15) is 0 Å². The average molecular weight is 503 g/mol. The third-order valence-corrected chi connectivity index (χ3v) is 6.23. The van der Waals surface area contributed by atoms with E-state index >= 15 is 0 Å². The number of hydrogen-bond donors (Lipinski definition) is 3. The molecule has 2 rings (SSSR count). The third kappa shape index (κ3) is 8.84. The Morgan fingerprint density at radius 3 is 2.17 bits per heavy atom. The summed E-state index contributed by atoms with van der Waals surface area (Å²) < 4.78 is 5.28. The predicted molar refractivity (Wildman–Crippen MR) is 138 cm³/mol. The van der Waals surface area contributed by atoms with Crippen LogP contribution in [-0.2, 0) is 25.5 Å². The summed E-state index contributed by atoms with van der Waals surface area (Å²) in [5.41, 5.74) is 6.37. The van der Waals surface area contributed by atoms with Crippen LogP contribution in [0.2, 0.25) is 0 Å². The van der Waals surface area contributed by atoms with E-state index in [4.69, 9.17) is 10.5 Å². The predicted octanol–water partition coefficient (Wildman–Crippen LogP) is 3.36. The summed E-state index contributed by atoms with van der Waals surface area (Å²) in [4.78, 5) is 52.9. The Kier molecular flexibility index (Phi) is 10.7. The van der Waals surface area contributed by atoms with Crippen LogP contribution >= 0.6 is 0 Å². The summed E-state index contributed by atoms with van der Waals surface area (Å²) in [5, 5.41) is 5.61. The topological polar surface area (TPSA) is 131 Å². The number of aryl methyl sites for hydroxylation is 1. The van der Waals surface area contributed by atoms with Gasteiger partial charge in [-0.1, -0.05) is 50.5 Å². The summed E-state index contributed by atoms with van der Waals surface area (Å²) in [6.45, 7) is 9.07. The molecule has 0 spiro atoms. The minimum atomic E-state index is -1.27. The van der Waals surface area contributed by atoms with Crippen LogP contribution in [0.3, 0.4) is 0 Å². The molecule has 0 aliphatic heterocycles. The molecule has 2 unspecified atom stereocenters. The summed E-state index contributed by atoms with van der Waals surface area (Å²) in [5.74, 6) is -1.61. The molecule has 0 aromatic heterocycles. The zero-order valence-electron chi connectivity index (χ0n) is 22.3. The van der Waals surface area contributed by atoms with E-state index in [1.54, 1.807) is 27.7 Å². The normalized spacial score (nSPS) is 15.9. The van der Waals surface area contributed by atoms with Crippen molar-refractivity contribution < 1.29 is 23.9 Å². The van der Waals surface area contributed by atoms with Gasteiger partial charge in [0, 0.05) is 12.6 Å². The van der Waals surface area contributed by atoms with Gasteiger partial charge in [0.05, 0.1) is 6.42 Å². The van der Waals surface area contributed by atoms with Crippen molar-refractivity contribution in [2.45, 2.75) is 103 Å². The highest BCUT2D eigenvalue weighted by molar-refractivity contribution is 5.94. The van der Waals surface area contributed by atoms with Crippen molar-refractivity contribution in [3.63, 3.8) is 0 Å². The fraction of sp³-hybridized carbons (Fsp3) is 0.630. The summed E-state index contributed by atoms with van der Waals surface area (Å²) >= 11 is 0. The van der Waals surface area contributed by atoms with Crippen molar-refractivity contribution in [1.82, 2.24) is 15.5 Å². The number of alkyl carbamates (subject to hydrolysis) is 1. The first kappa shape index (κ1) is 29.1. The smallest absolute Gasteiger partial charge is 0.408 e. The number of amides is 4. The molecule has 4 N–H and O–H groups in total. The van der Waals surface area contributed by atoms with Crippen molar-refractivity contribution >= 4 is 23.8 Å². The molecule has 200 valence electrons. The van der Waals surface area contributed by atoms with Crippen molar-refractivity contribution in [2.75, 3.05) is 6.54 Å². The second-order valence-electron chi connectivity index (χ2n) is 10.3. The molecule has 1 fully saturated rings.